The monoisotopic (exact) mass is 260 g/mol. The summed E-state index contributed by atoms with van der Waals surface area (Å²) in [7, 11) is 2.42. The van der Waals surface area contributed by atoms with Crippen LogP contribution in [0.4, 0.5) is 0 Å². The van der Waals surface area contributed by atoms with Crippen LogP contribution >= 0.6 is 0 Å². The SMILES string of the molecule is COC(=O)C(=C/C=C\c1ccc(C)cc1)C(=O)OC. The van der Waals surface area contributed by atoms with Crippen molar-refractivity contribution in [2.75, 3.05) is 14.2 Å². The summed E-state index contributed by atoms with van der Waals surface area (Å²) in [4.78, 5) is 22.7. The fourth-order valence-electron chi connectivity index (χ4n) is 1.37. The molecule has 0 atom stereocenters. The molecule has 0 amide bonds. The topological polar surface area (TPSA) is 52.6 Å². The first kappa shape index (κ1) is 14.7. The molecule has 0 radical (unpaired) electrons. The third kappa shape index (κ3) is 4.43. The van der Waals surface area contributed by atoms with Crippen molar-refractivity contribution in [3.63, 3.8) is 0 Å². The zero-order valence-electron chi connectivity index (χ0n) is 11.2. The van der Waals surface area contributed by atoms with Gasteiger partial charge in [-0.25, -0.2) is 9.59 Å². The second kappa shape index (κ2) is 7.16. The van der Waals surface area contributed by atoms with Crippen LogP contribution in [0.1, 0.15) is 11.1 Å². The summed E-state index contributed by atoms with van der Waals surface area (Å²) in [6.45, 7) is 2.00. The Kier molecular flexibility index (Phi) is 5.54. The zero-order valence-corrected chi connectivity index (χ0v) is 11.2. The Morgan fingerprint density at radius 1 is 1.00 bits per heavy atom. The van der Waals surface area contributed by atoms with Gasteiger partial charge in [-0.15, -0.1) is 0 Å². The molecule has 0 saturated carbocycles. The maximum Gasteiger partial charge on any atom is 0.345 e. The van der Waals surface area contributed by atoms with Gasteiger partial charge in [-0.05, 0) is 18.6 Å². The Labute approximate surface area is 112 Å². The lowest BCUT2D eigenvalue weighted by Crippen LogP contribution is -2.15. The smallest absolute Gasteiger partial charge is 0.345 e. The Balaban J connectivity index is 2.88. The van der Waals surface area contributed by atoms with E-state index >= 15 is 0 Å². The highest BCUT2D eigenvalue weighted by Gasteiger charge is 2.18. The zero-order chi connectivity index (χ0) is 14.3. The number of hydrogen-bond acceptors (Lipinski definition) is 4. The molecule has 0 bridgehead atoms. The minimum atomic E-state index is -0.722. The number of aryl methyl sites for hydroxylation is 1. The highest BCUT2D eigenvalue weighted by molar-refractivity contribution is 6.14. The van der Waals surface area contributed by atoms with E-state index in [1.54, 1.807) is 12.2 Å². The largest absolute Gasteiger partial charge is 0.465 e. The first-order valence-electron chi connectivity index (χ1n) is 5.70. The normalized spacial score (nSPS) is 10.1. The Hall–Kier alpha value is -2.36. The molecule has 0 fully saturated rings. The van der Waals surface area contributed by atoms with Crippen molar-refractivity contribution in [2.24, 2.45) is 0 Å². The van der Waals surface area contributed by atoms with Crippen LogP contribution in [0.3, 0.4) is 0 Å². The van der Waals surface area contributed by atoms with Gasteiger partial charge in [0, 0.05) is 0 Å². The molecule has 0 aliphatic rings. The van der Waals surface area contributed by atoms with Crippen LogP contribution in [0, 0.1) is 6.92 Å². The number of methoxy groups -OCH3 is 2. The number of allylic oxidation sites excluding steroid dienone is 2. The third-order valence-corrected chi connectivity index (χ3v) is 2.44. The van der Waals surface area contributed by atoms with Gasteiger partial charge in [-0.1, -0.05) is 42.0 Å². The Morgan fingerprint density at radius 3 is 2.00 bits per heavy atom. The molecule has 0 unspecified atom stereocenters. The van der Waals surface area contributed by atoms with Crippen molar-refractivity contribution < 1.29 is 19.1 Å². The van der Waals surface area contributed by atoms with Crippen molar-refractivity contribution in [1.29, 1.82) is 0 Å². The molecule has 1 aromatic rings. The van der Waals surface area contributed by atoms with Crippen molar-refractivity contribution in [3.05, 3.63) is 53.1 Å². The molecule has 4 nitrogen and oxygen atoms in total. The van der Waals surface area contributed by atoms with Gasteiger partial charge in [-0.2, -0.15) is 0 Å². The van der Waals surface area contributed by atoms with Gasteiger partial charge >= 0.3 is 11.9 Å². The van der Waals surface area contributed by atoms with Gasteiger partial charge in [0.05, 0.1) is 14.2 Å². The van der Waals surface area contributed by atoms with E-state index in [-0.39, 0.29) is 5.57 Å². The van der Waals surface area contributed by atoms with Gasteiger partial charge in [0.1, 0.15) is 5.57 Å². The average Bonchev–Trinajstić information content (AvgIpc) is 2.44. The molecule has 0 spiro atoms. The molecule has 0 aliphatic carbocycles. The summed E-state index contributed by atoms with van der Waals surface area (Å²) in [5.41, 5.74) is 1.99. The van der Waals surface area contributed by atoms with Crippen molar-refractivity contribution >= 4 is 18.0 Å². The maximum absolute atomic E-state index is 11.4. The predicted molar refractivity (Wildman–Crippen MR) is 72.3 cm³/mol. The van der Waals surface area contributed by atoms with Gasteiger partial charge in [0.2, 0.25) is 0 Å². The van der Waals surface area contributed by atoms with Crippen LogP contribution in [-0.2, 0) is 19.1 Å². The van der Waals surface area contributed by atoms with E-state index in [2.05, 4.69) is 9.47 Å². The second-order valence-electron chi connectivity index (χ2n) is 3.83. The summed E-state index contributed by atoms with van der Waals surface area (Å²) in [6, 6.07) is 7.83. The predicted octanol–water partition coefficient (Wildman–Crippen LogP) is 2.28. The molecule has 0 aliphatic heterocycles. The number of carbonyl (C=O) groups is 2. The van der Waals surface area contributed by atoms with Crippen LogP contribution in [0.25, 0.3) is 6.08 Å². The highest BCUT2D eigenvalue weighted by atomic mass is 16.5. The van der Waals surface area contributed by atoms with Crippen molar-refractivity contribution in [2.45, 2.75) is 6.92 Å². The Bertz CT molecular complexity index is 491. The van der Waals surface area contributed by atoms with Crippen LogP contribution in [0.2, 0.25) is 0 Å². The minimum Gasteiger partial charge on any atom is -0.465 e. The second-order valence-corrected chi connectivity index (χ2v) is 3.83. The Morgan fingerprint density at radius 2 is 1.53 bits per heavy atom. The lowest BCUT2D eigenvalue weighted by molar-refractivity contribution is -0.144. The van der Waals surface area contributed by atoms with Gasteiger partial charge in [0.15, 0.2) is 0 Å². The number of esters is 2. The van der Waals surface area contributed by atoms with E-state index in [9.17, 15) is 9.59 Å². The lowest BCUT2D eigenvalue weighted by Gasteiger charge is -2.01. The van der Waals surface area contributed by atoms with E-state index in [1.807, 2.05) is 31.2 Å². The van der Waals surface area contributed by atoms with Gasteiger partial charge in [0.25, 0.3) is 0 Å². The van der Waals surface area contributed by atoms with E-state index < -0.39 is 11.9 Å². The number of ether oxygens (including phenoxy) is 2. The van der Waals surface area contributed by atoms with Crippen molar-refractivity contribution in [3.8, 4) is 0 Å². The van der Waals surface area contributed by atoms with Crippen LogP contribution < -0.4 is 0 Å². The van der Waals surface area contributed by atoms with E-state index in [1.165, 1.54) is 20.3 Å². The van der Waals surface area contributed by atoms with E-state index in [0.29, 0.717) is 0 Å². The number of hydrogen-bond donors (Lipinski definition) is 0. The summed E-state index contributed by atoms with van der Waals surface area (Å²) in [5.74, 6) is -1.44. The molecule has 0 aromatic heterocycles. The highest BCUT2D eigenvalue weighted by Crippen LogP contribution is 2.07. The average molecular weight is 260 g/mol. The minimum absolute atomic E-state index is 0.145. The fraction of sp³-hybridized carbons (Fsp3) is 0.200. The number of carbonyl (C=O) groups excluding carboxylic acids is 2. The van der Waals surface area contributed by atoms with Crippen molar-refractivity contribution in [1.82, 2.24) is 0 Å². The molecular weight excluding hydrogens is 244 g/mol. The molecule has 4 heteroatoms. The number of benzene rings is 1. The van der Waals surface area contributed by atoms with E-state index in [4.69, 9.17) is 0 Å². The molecule has 0 heterocycles. The molecule has 0 saturated heterocycles. The molecule has 19 heavy (non-hydrogen) atoms. The standard InChI is InChI=1S/C15H16O4/c1-11-7-9-12(10-8-11)5-4-6-13(14(16)18-2)15(17)19-3/h4-10H,1-3H3/b5-4-. The van der Waals surface area contributed by atoms with Crippen LogP contribution in [-0.4, -0.2) is 26.2 Å². The molecule has 1 aromatic carbocycles. The number of rotatable bonds is 4. The molecule has 0 N–H and O–H groups in total. The fourth-order valence-corrected chi connectivity index (χ4v) is 1.37. The lowest BCUT2D eigenvalue weighted by atomic mass is 10.1. The summed E-state index contributed by atoms with van der Waals surface area (Å²) >= 11 is 0. The molecule has 100 valence electrons. The van der Waals surface area contributed by atoms with Crippen LogP contribution in [0.15, 0.2) is 42.0 Å². The molecular formula is C15H16O4. The first-order chi connectivity index (χ1) is 9.08. The summed E-state index contributed by atoms with van der Waals surface area (Å²) in [5, 5.41) is 0. The summed E-state index contributed by atoms with van der Waals surface area (Å²) < 4.78 is 9.02. The quantitative estimate of drug-likeness (QED) is 0.274. The van der Waals surface area contributed by atoms with Crippen LogP contribution in [0.5, 0.6) is 0 Å². The summed E-state index contributed by atoms with van der Waals surface area (Å²) in [6.07, 6.45) is 4.76. The maximum atomic E-state index is 11.4. The van der Waals surface area contributed by atoms with E-state index in [0.717, 1.165) is 11.1 Å². The van der Waals surface area contributed by atoms with Gasteiger partial charge in [-0.3, -0.25) is 0 Å². The first-order valence-corrected chi connectivity index (χ1v) is 5.70. The molecule has 1 rings (SSSR count). The van der Waals surface area contributed by atoms with Gasteiger partial charge < -0.3 is 9.47 Å². The third-order valence-electron chi connectivity index (χ3n) is 2.44.